The normalized spacial score (nSPS) is 16.2. The summed E-state index contributed by atoms with van der Waals surface area (Å²) in [5.41, 5.74) is 3.27. The second-order valence-electron chi connectivity index (χ2n) is 4.86. The second kappa shape index (κ2) is 6.62. The molecular formula is C14H25NO. The molecule has 2 heteroatoms. The first-order chi connectivity index (χ1) is 7.49. The van der Waals surface area contributed by atoms with Crippen molar-refractivity contribution in [2.45, 2.75) is 60.8 Å². The van der Waals surface area contributed by atoms with Crippen LogP contribution in [0, 0.1) is 10.3 Å². The van der Waals surface area contributed by atoms with E-state index in [0.29, 0.717) is 5.70 Å². The Kier molecular flexibility index (Phi) is 6.24. The fraction of sp³-hybridized carbons (Fsp3) is 0.714. The van der Waals surface area contributed by atoms with Crippen molar-refractivity contribution in [3.05, 3.63) is 27.8 Å². The van der Waals surface area contributed by atoms with E-state index in [4.69, 9.17) is 0 Å². The Bertz CT molecular complexity index is 292. The smallest absolute Gasteiger partial charge is 0.107 e. The molecule has 0 saturated heterocycles. The van der Waals surface area contributed by atoms with Gasteiger partial charge in [-0.2, -0.15) is 0 Å². The van der Waals surface area contributed by atoms with Gasteiger partial charge in [0.05, 0.1) is 0 Å². The quantitative estimate of drug-likeness (QED) is 0.591. The number of rotatable bonds is 2. The topological polar surface area (TPSA) is 29.4 Å². The summed E-state index contributed by atoms with van der Waals surface area (Å²) in [4.78, 5) is 10.7. The third-order valence-electron chi connectivity index (χ3n) is 2.80. The minimum Gasteiger partial charge on any atom is -0.145 e. The van der Waals surface area contributed by atoms with Crippen LogP contribution >= 0.6 is 0 Å². The van der Waals surface area contributed by atoms with Crippen LogP contribution in [0.3, 0.4) is 0 Å². The highest BCUT2D eigenvalue weighted by molar-refractivity contribution is 5.35. The Morgan fingerprint density at radius 1 is 1.25 bits per heavy atom. The lowest BCUT2D eigenvalue weighted by molar-refractivity contribution is 0.472. The van der Waals surface area contributed by atoms with E-state index in [1.165, 1.54) is 11.1 Å². The van der Waals surface area contributed by atoms with E-state index >= 15 is 0 Å². The molecule has 1 rings (SSSR count). The number of hydrogen-bond donors (Lipinski definition) is 0. The average Bonchev–Trinajstić information content (AvgIpc) is 2.29. The van der Waals surface area contributed by atoms with Gasteiger partial charge in [-0.3, -0.25) is 0 Å². The summed E-state index contributed by atoms with van der Waals surface area (Å²) in [6.07, 6.45) is 5.07. The van der Waals surface area contributed by atoms with Crippen LogP contribution < -0.4 is 0 Å². The van der Waals surface area contributed by atoms with Gasteiger partial charge in [-0.25, -0.2) is 0 Å². The van der Waals surface area contributed by atoms with Gasteiger partial charge in [0.25, 0.3) is 0 Å². The molecule has 16 heavy (non-hydrogen) atoms. The number of hydrogen-bond acceptors (Lipinski definition) is 2. The molecule has 0 saturated carbocycles. The Morgan fingerprint density at radius 2 is 1.81 bits per heavy atom. The molecule has 0 aromatic rings. The maximum Gasteiger partial charge on any atom is 0.107 e. The predicted molar refractivity (Wildman–Crippen MR) is 71.2 cm³/mol. The lowest BCUT2D eigenvalue weighted by Crippen LogP contribution is -2.14. The minimum absolute atomic E-state index is 0.0685. The van der Waals surface area contributed by atoms with E-state index in [-0.39, 0.29) is 5.41 Å². The molecule has 0 spiro atoms. The van der Waals surface area contributed by atoms with Crippen LogP contribution in [0.5, 0.6) is 0 Å². The minimum atomic E-state index is 0.0685. The van der Waals surface area contributed by atoms with Gasteiger partial charge in [-0.15, -0.1) is 4.91 Å². The van der Waals surface area contributed by atoms with Crippen molar-refractivity contribution in [2.75, 3.05) is 0 Å². The molecule has 0 N–H and O–H groups in total. The lowest BCUT2D eigenvalue weighted by atomic mass is 9.79. The van der Waals surface area contributed by atoms with Crippen molar-refractivity contribution in [3.8, 4) is 0 Å². The fourth-order valence-electron chi connectivity index (χ4n) is 1.89. The molecule has 0 radical (unpaired) electrons. The highest BCUT2D eigenvalue weighted by Crippen LogP contribution is 2.37. The van der Waals surface area contributed by atoms with Crippen LogP contribution in [-0.4, -0.2) is 0 Å². The first kappa shape index (κ1) is 15.1. The van der Waals surface area contributed by atoms with E-state index in [1.807, 2.05) is 19.9 Å². The van der Waals surface area contributed by atoms with Gasteiger partial charge in [-0.1, -0.05) is 47.1 Å². The summed E-state index contributed by atoms with van der Waals surface area (Å²) in [5, 5.41) is 3.15. The molecule has 0 unspecified atom stereocenters. The van der Waals surface area contributed by atoms with Crippen molar-refractivity contribution in [1.82, 2.24) is 0 Å². The second-order valence-corrected chi connectivity index (χ2v) is 4.86. The zero-order valence-electron chi connectivity index (χ0n) is 11.6. The zero-order valence-corrected chi connectivity index (χ0v) is 11.6. The van der Waals surface area contributed by atoms with E-state index < -0.39 is 0 Å². The van der Waals surface area contributed by atoms with Crippen LogP contribution in [-0.2, 0) is 0 Å². The predicted octanol–water partition coefficient (Wildman–Crippen LogP) is 5.21. The monoisotopic (exact) mass is 223 g/mol. The molecule has 0 amide bonds. The number of nitrogens with zero attached hydrogens (tertiary/aromatic N) is 1. The van der Waals surface area contributed by atoms with Gasteiger partial charge in [-0.05, 0) is 41.5 Å². The molecule has 0 aromatic carbocycles. The van der Waals surface area contributed by atoms with E-state index in [2.05, 4.69) is 32.9 Å². The van der Waals surface area contributed by atoms with E-state index in [0.717, 1.165) is 19.3 Å². The van der Waals surface area contributed by atoms with Crippen LogP contribution in [0.15, 0.2) is 28.1 Å². The van der Waals surface area contributed by atoms with Gasteiger partial charge in [0.15, 0.2) is 0 Å². The molecule has 0 aromatic heterocycles. The first-order valence-electron chi connectivity index (χ1n) is 6.25. The molecular weight excluding hydrogens is 198 g/mol. The fourth-order valence-corrected chi connectivity index (χ4v) is 1.89. The Hall–Kier alpha value is -0.920. The molecule has 0 fully saturated rings. The highest BCUT2D eigenvalue weighted by Gasteiger charge is 2.23. The van der Waals surface area contributed by atoms with E-state index in [9.17, 15) is 4.91 Å². The molecule has 2 nitrogen and oxygen atoms in total. The van der Waals surface area contributed by atoms with Crippen LogP contribution in [0.25, 0.3) is 0 Å². The molecule has 1 aliphatic rings. The SMILES string of the molecule is CC.CCC1=CC(N=O)=C(C(C)(C)C)CC1. The van der Waals surface area contributed by atoms with Crippen molar-refractivity contribution in [3.63, 3.8) is 0 Å². The van der Waals surface area contributed by atoms with Gasteiger partial charge in [0.1, 0.15) is 5.70 Å². The van der Waals surface area contributed by atoms with Crippen LogP contribution in [0.1, 0.15) is 60.8 Å². The molecule has 92 valence electrons. The van der Waals surface area contributed by atoms with E-state index in [1.54, 1.807) is 0 Å². The summed E-state index contributed by atoms with van der Waals surface area (Å²) in [6, 6.07) is 0. The Morgan fingerprint density at radius 3 is 2.19 bits per heavy atom. The standard InChI is InChI=1S/C12H19NO.C2H6/c1-5-9-6-7-10(12(2,3)4)11(8-9)13-14;1-2/h8H,5-7H2,1-4H3;1-2H3. The summed E-state index contributed by atoms with van der Waals surface area (Å²) >= 11 is 0. The van der Waals surface area contributed by atoms with Crippen molar-refractivity contribution >= 4 is 0 Å². The van der Waals surface area contributed by atoms with Crippen molar-refractivity contribution in [1.29, 1.82) is 0 Å². The summed E-state index contributed by atoms with van der Waals surface area (Å²) in [7, 11) is 0. The molecule has 0 bridgehead atoms. The maximum absolute atomic E-state index is 10.7. The number of allylic oxidation sites excluding steroid dienone is 3. The molecule has 0 heterocycles. The Balaban J connectivity index is 0.00000106. The van der Waals surface area contributed by atoms with Crippen molar-refractivity contribution in [2.24, 2.45) is 10.6 Å². The highest BCUT2D eigenvalue weighted by atomic mass is 16.3. The van der Waals surface area contributed by atoms with Crippen LogP contribution in [0.4, 0.5) is 0 Å². The summed E-state index contributed by atoms with van der Waals surface area (Å²) in [6.45, 7) is 12.5. The lowest BCUT2D eigenvalue weighted by Gasteiger charge is -2.27. The number of nitroso groups, excluding NO2 is 1. The summed E-state index contributed by atoms with van der Waals surface area (Å²) in [5.74, 6) is 0. The van der Waals surface area contributed by atoms with Crippen molar-refractivity contribution < 1.29 is 0 Å². The molecule has 0 atom stereocenters. The molecule has 0 aliphatic heterocycles. The van der Waals surface area contributed by atoms with Gasteiger partial charge < -0.3 is 0 Å². The van der Waals surface area contributed by atoms with Crippen LogP contribution in [0.2, 0.25) is 0 Å². The third kappa shape index (κ3) is 3.92. The maximum atomic E-state index is 10.7. The first-order valence-corrected chi connectivity index (χ1v) is 6.25. The average molecular weight is 223 g/mol. The zero-order chi connectivity index (χ0) is 12.8. The van der Waals surface area contributed by atoms with Gasteiger partial charge in [0.2, 0.25) is 0 Å². The van der Waals surface area contributed by atoms with Gasteiger partial charge in [0, 0.05) is 0 Å². The van der Waals surface area contributed by atoms with Gasteiger partial charge >= 0.3 is 0 Å². The largest absolute Gasteiger partial charge is 0.145 e. The Labute approximate surface area is 99.8 Å². The molecule has 1 aliphatic carbocycles. The third-order valence-corrected chi connectivity index (χ3v) is 2.80. The summed E-state index contributed by atoms with van der Waals surface area (Å²) < 4.78 is 0.